The van der Waals surface area contributed by atoms with Crippen LogP contribution >= 0.6 is 0 Å². The SMILES string of the molecule is CCOC(=O)N(C)CC(c1ccc(OC)cc1)C1(OC)CCCCC1. The van der Waals surface area contributed by atoms with Crippen molar-refractivity contribution in [2.75, 3.05) is 34.4 Å². The Labute approximate surface area is 151 Å². The van der Waals surface area contributed by atoms with Gasteiger partial charge in [0.15, 0.2) is 0 Å². The lowest BCUT2D eigenvalue weighted by Gasteiger charge is -2.44. The Kier molecular flexibility index (Phi) is 7.12. The third-order valence-electron chi connectivity index (χ3n) is 5.30. The number of nitrogens with zero attached hydrogens (tertiary/aromatic N) is 1. The largest absolute Gasteiger partial charge is 0.497 e. The Hall–Kier alpha value is -1.75. The predicted octanol–water partition coefficient (Wildman–Crippen LogP) is 4.22. The van der Waals surface area contributed by atoms with Crippen molar-refractivity contribution in [2.24, 2.45) is 0 Å². The molecule has 1 amide bonds. The fraction of sp³-hybridized carbons (Fsp3) is 0.650. The van der Waals surface area contributed by atoms with Crippen LogP contribution in [0.15, 0.2) is 24.3 Å². The van der Waals surface area contributed by atoms with Crippen molar-refractivity contribution in [1.29, 1.82) is 0 Å². The van der Waals surface area contributed by atoms with Crippen molar-refractivity contribution in [1.82, 2.24) is 4.90 Å². The third kappa shape index (κ3) is 4.66. The molecule has 1 aliphatic carbocycles. The molecule has 0 heterocycles. The number of carbonyl (C=O) groups is 1. The Balaban J connectivity index is 2.30. The quantitative estimate of drug-likeness (QED) is 0.739. The second-order valence-corrected chi connectivity index (χ2v) is 6.73. The molecule has 0 bridgehead atoms. The number of likely N-dealkylation sites (N-methyl/N-ethyl adjacent to an activating group) is 1. The van der Waals surface area contributed by atoms with Crippen LogP contribution in [0.1, 0.15) is 50.5 Å². The number of rotatable bonds is 7. The van der Waals surface area contributed by atoms with Crippen LogP contribution in [0, 0.1) is 0 Å². The number of carbonyl (C=O) groups excluding carboxylic acids is 1. The van der Waals surface area contributed by atoms with E-state index < -0.39 is 0 Å². The highest BCUT2D eigenvalue weighted by Crippen LogP contribution is 2.43. The van der Waals surface area contributed by atoms with E-state index in [0.717, 1.165) is 31.4 Å². The maximum atomic E-state index is 12.1. The molecule has 0 aromatic heterocycles. The standard InChI is InChI=1S/C20H31NO4/c1-5-25-19(22)21(2)15-18(16-9-11-17(23-3)12-10-16)20(24-4)13-7-6-8-14-20/h9-12,18H,5-8,13-15H2,1-4H3. The van der Waals surface area contributed by atoms with E-state index in [0.29, 0.717) is 13.2 Å². The summed E-state index contributed by atoms with van der Waals surface area (Å²) in [6.45, 7) is 2.77. The van der Waals surface area contributed by atoms with Crippen molar-refractivity contribution in [3.63, 3.8) is 0 Å². The highest BCUT2D eigenvalue weighted by molar-refractivity contribution is 5.67. The first kappa shape index (κ1) is 19.6. The first-order valence-corrected chi connectivity index (χ1v) is 9.13. The number of hydrogen-bond donors (Lipinski definition) is 0. The van der Waals surface area contributed by atoms with Gasteiger partial charge in [0.25, 0.3) is 0 Å². The molecule has 1 atom stereocenters. The topological polar surface area (TPSA) is 48.0 Å². The van der Waals surface area contributed by atoms with E-state index in [9.17, 15) is 4.79 Å². The molecular weight excluding hydrogens is 318 g/mol. The van der Waals surface area contributed by atoms with Crippen molar-refractivity contribution in [3.05, 3.63) is 29.8 Å². The molecule has 1 saturated carbocycles. The van der Waals surface area contributed by atoms with Gasteiger partial charge in [-0.3, -0.25) is 0 Å². The van der Waals surface area contributed by atoms with Crippen molar-refractivity contribution in [3.8, 4) is 5.75 Å². The molecule has 0 saturated heterocycles. The second-order valence-electron chi connectivity index (χ2n) is 6.73. The molecule has 25 heavy (non-hydrogen) atoms. The molecule has 1 unspecified atom stereocenters. The van der Waals surface area contributed by atoms with Gasteiger partial charge < -0.3 is 19.1 Å². The predicted molar refractivity (Wildman–Crippen MR) is 98.2 cm³/mol. The number of hydrogen-bond acceptors (Lipinski definition) is 4. The first-order valence-electron chi connectivity index (χ1n) is 9.13. The molecule has 1 aromatic carbocycles. The lowest BCUT2D eigenvalue weighted by atomic mass is 9.72. The molecule has 140 valence electrons. The summed E-state index contributed by atoms with van der Waals surface area (Å²) in [5.74, 6) is 0.925. The lowest BCUT2D eigenvalue weighted by Crippen LogP contribution is -2.46. The van der Waals surface area contributed by atoms with Gasteiger partial charge in [-0.15, -0.1) is 0 Å². The number of amides is 1. The molecule has 1 fully saturated rings. The van der Waals surface area contributed by atoms with Gasteiger partial charge in [0.05, 0.1) is 19.3 Å². The summed E-state index contributed by atoms with van der Waals surface area (Å²) in [7, 11) is 5.26. The fourth-order valence-corrected chi connectivity index (χ4v) is 3.84. The van der Waals surface area contributed by atoms with Gasteiger partial charge in [0, 0.05) is 26.6 Å². The minimum Gasteiger partial charge on any atom is -0.497 e. The molecule has 2 rings (SSSR count). The normalized spacial score (nSPS) is 17.6. The van der Waals surface area contributed by atoms with Crippen LogP contribution in [0.4, 0.5) is 4.79 Å². The monoisotopic (exact) mass is 349 g/mol. The Morgan fingerprint density at radius 2 is 1.80 bits per heavy atom. The Morgan fingerprint density at radius 3 is 2.32 bits per heavy atom. The van der Waals surface area contributed by atoms with Crippen molar-refractivity contribution in [2.45, 2.75) is 50.5 Å². The van der Waals surface area contributed by atoms with Crippen LogP contribution in [-0.4, -0.2) is 51.0 Å². The molecular formula is C20H31NO4. The van der Waals surface area contributed by atoms with E-state index in [1.165, 1.54) is 12.0 Å². The molecule has 1 aromatic rings. The first-order chi connectivity index (χ1) is 12.1. The van der Waals surface area contributed by atoms with Gasteiger partial charge in [0.2, 0.25) is 0 Å². The zero-order valence-electron chi connectivity index (χ0n) is 15.9. The maximum absolute atomic E-state index is 12.1. The minimum absolute atomic E-state index is 0.0955. The van der Waals surface area contributed by atoms with Crippen LogP contribution in [0.25, 0.3) is 0 Å². The zero-order valence-corrected chi connectivity index (χ0v) is 15.9. The molecule has 5 nitrogen and oxygen atoms in total. The minimum atomic E-state index is -0.289. The van der Waals surface area contributed by atoms with E-state index >= 15 is 0 Å². The van der Waals surface area contributed by atoms with Gasteiger partial charge in [-0.2, -0.15) is 0 Å². The highest BCUT2D eigenvalue weighted by atomic mass is 16.6. The summed E-state index contributed by atoms with van der Waals surface area (Å²) < 4.78 is 16.5. The average Bonchev–Trinajstić information content (AvgIpc) is 2.66. The Bertz CT molecular complexity index is 537. The molecule has 1 aliphatic rings. The van der Waals surface area contributed by atoms with Crippen LogP contribution in [0.3, 0.4) is 0 Å². The summed E-state index contributed by atoms with van der Waals surface area (Å²) in [6, 6.07) is 8.10. The number of benzene rings is 1. The van der Waals surface area contributed by atoms with Crippen LogP contribution < -0.4 is 4.74 Å². The summed E-state index contributed by atoms with van der Waals surface area (Å²) in [4.78, 5) is 13.8. The fourth-order valence-electron chi connectivity index (χ4n) is 3.84. The van der Waals surface area contributed by atoms with Crippen molar-refractivity contribution >= 4 is 6.09 Å². The van der Waals surface area contributed by atoms with Crippen LogP contribution in [0.5, 0.6) is 5.75 Å². The summed E-state index contributed by atoms with van der Waals surface area (Å²) in [6.07, 6.45) is 5.29. The average molecular weight is 349 g/mol. The molecule has 0 spiro atoms. The zero-order chi connectivity index (χ0) is 18.3. The van der Waals surface area contributed by atoms with E-state index in [2.05, 4.69) is 12.1 Å². The molecule has 0 aliphatic heterocycles. The van der Waals surface area contributed by atoms with Gasteiger partial charge in [-0.1, -0.05) is 31.4 Å². The summed E-state index contributed by atoms with van der Waals surface area (Å²) in [5, 5.41) is 0. The van der Waals surface area contributed by atoms with Gasteiger partial charge in [0.1, 0.15) is 5.75 Å². The van der Waals surface area contributed by atoms with Crippen LogP contribution in [0.2, 0.25) is 0 Å². The van der Waals surface area contributed by atoms with E-state index in [-0.39, 0.29) is 17.6 Å². The smallest absolute Gasteiger partial charge is 0.409 e. The summed E-state index contributed by atoms with van der Waals surface area (Å²) in [5.41, 5.74) is 0.925. The van der Waals surface area contributed by atoms with Crippen LogP contribution in [-0.2, 0) is 9.47 Å². The van der Waals surface area contributed by atoms with Gasteiger partial charge >= 0.3 is 6.09 Å². The number of methoxy groups -OCH3 is 2. The highest BCUT2D eigenvalue weighted by Gasteiger charge is 2.42. The molecule has 0 radical (unpaired) electrons. The molecule has 0 N–H and O–H groups in total. The van der Waals surface area contributed by atoms with Crippen molar-refractivity contribution < 1.29 is 19.0 Å². The van der Waals surface area contributed by atoms with Gasteiger partial charge in [-0.05, 0) is 37.5 Å². The Morgan fingerprint density at radius 1 is 1.16 bits per heavy atom. The summed E-state index contributed by atoms with van der Waals surface area (Å²) >= 11 is 0. The number of ether oxygens (including phenoxy) is 3. The van der Waals surface area contributed by atoms with Gasteiger partial charge in [-0.25, -0.2) is 4.79 Å². The lowest BCUT2D eigenvalue weighted by molar-refractivity contribution is -0.0653. The van der Waals surface area contributed by atoms with E-state index in [1.54, 1.807) is 26.2 Å². The molecule has 5 heteroatoms. The second kappa shape index (κ2) is 9.09. The van der Waals surface area contributed by atoms with E-state index in [4.69, 9.17) is 14.2 Å². The third-order valence-corrected chi connectivity index (χ3v) is 5.30. The maximum Gasteiger partial charge on any atom is 0.409 e. The van der Waals surface area contributed by atoms with E-state index in [1.807, 2.05) is 19.1 Å².